The molecular formula is C14H10N2O4S3. The van der Waals surface area contributed by atoms with E-state index in [-0.39, 0.29) is 14.1 Å². The van der Waals surface area contributed by atoms with E-state index in [0.29, 0.717) is 5.76 Å². The van der Waals surface area contributed by atoms with Gasteiger partial charge in [-0.2, -0.15) is 0 Å². The molecule has 23 heavy (non-hydrogen) atoms. The third kappa shape index (κ3) is 3.37. The van der Waals surface area contributed by atoms with Gasteiger partial charge in [0.2, 0.25) is 0 Å². The molecule has 1 fully saturated rings. The zero-order valence-electron chi connectivity index (χ0n) is 11.5. The van der Waals surface area contributed by atoms with Gasteiger partial charge in [0.15, 0.2) is 4.32 Å². The molecule has 3 rings (SSSR count). The first-order valence-electron chi connectivity index (χ1n) is 6.36. The number of carbonyl (C=O) groups is 1. The lowest BCUT2D eigenvalue weighted by molar-refractivity contribution is -0.123. The van der Waals surface area contributed by atoms with Crippen LogP contribution >= 0.6 is 24.0 Å². The molecule has 0 saturated carbocycles. The number of thiocarbonyl (C=S) groups is 1. The second-order valence-corrected chi connectivity index (χ2v) is 7.78. The fourth-order valence-corrected chi connectivity index (χ4v) is 4.13. The zero-order chi connectivity index (χ0) is 16.4. The van der Waals surface area contributed by atoms with Crippen LogP contribution in [0.5, 0.6) is 0 Å². The van der Waals surface area contributed by atoms with E-state index in [1.165, 1.54) is 24.5 Å². The average molecular weight is 366 g/mol. The van der Waals surface area contributed by atoms with E-state index >= 15 is 0 Å². The first-order valence-corrected chi connectivity index (χ1v) is 9.07. The summed E-state index contributed by atoms with van der Waals surface area (Å²) in [6.45, 7) is 0. The van der Waals surface area contributed by atoms with Crippen LogP contribution in [0, 0.1) is 0 Å². The second kappa shape index (κ2) is 6.28. The van der Waals surface area contributed by atoms with Gasteiger partial charge in [-0.3, -0.25) is 4.79 Å². The molecule has 0 aliphatic carbocycles. The standard InChI is InChI=1S/C14H10N2O4S3/c17-13-12(9-10-5-4-8-20-10)22-14(21)16(13)15-23(18,19)11-6-2-1-3-7-11/h1-9,15H/b12-9-. The Balaban J connectivity index is 1.84. The summed E-state index contributed by atoms with van der Waals surface area (Å²) in [5.74, 6) is -0.0627. The van der Waals surface area contributed by atoms with Crippen molar-refractivity contribution in [2.24, 2.45) is 0 Å². The predicted octanol–water partition coefficient (Wildman–Crippen LogP) is 2.37. The Hall–Kier alpha value is -1.94. The molecule has 0 spiro atoms. The Morgan fingerprint density at radius 1 is 1.17 bits per heavy atom. The van der Waals surface area contributed by atoms with Gasteiger partial charge >= 0.3 is 0 Å². The van der Waals surface area contributed by atoms with Crippen molar-refractivity contribution in [3.8, 4) is 0 Å². The van der Waals surface area contributed by atoms with E-state index in [9.17, 15) is 13.2 Å². The second-order valence-electron chi connectivity index (χ2n) is 4.44. The van der Waals surface area contributed by atoms with Crippen LogP contribution in [0.2, 0.25) is 0 Å². The summed E-state index contributed by atoms with van der Waals surface area (Å²) in [4.78, 5) is 14.9. The maximum atomic E-state index is 12.3. The van der Waals surface area contributed by atoms with Crippen molar-refractivity contribution >= 4 is 50.3 Å². The fourth-order valence-electron chi connectivity index (χ4n) is 1.82. The maximum absolute atomic E-state index is 12.3. The number of benzene rings is 1. The lowest BCUT2D eigenvalue weighted by Gasteiger charge is -2.15. The highest BCUT2D eigenvalue weighted by Crippen LogP contribution is 2.32. The van der Waals surface area contributed by atoms with E-state index in [1.54, 1.807) is 30.3 Å². The van der Waals surface area contributed by atoms with E-state index < -0.39 is 15.9 Å². The molecular weight excluding hydrogens is 356 g/mol. The highest BCUT2D eigenvalue weighted by atomic mass is 32.2. The van der Waals surface area contributed by atoms with E-state index in [2.05, 4.69) is 4.83 Å². The molecule has 118 valence electrons. The molecule has 6 nitrogen and oxygen atoms in total. The molecule has 1 N–H and O–H groups in total. The van der Waals surface area contributed by atoms with Gasteiger partial charge in [0.25, 0.3) is 15.9 Å². The minimum Gasteiger partial charge on any atom is -0.465 e. The van der Waals surface area contributed by atoms with Crippen LogP contribution in [-0.4, -0.2) is 23.7 Å². The normalized spacial score (nSPS) is 17.2. The lowest BCUT2D eigenvalue weighted by Crippen LogP contribution is -2.44. The number of hydrogen-bond acceptors (Lipinski definition) is 6. The van der Waals surface area contributed by atoms with Gasteiger partial charge in [-0.15, -0.1) is 4.83 Å². The van der Waals surface area contributed by atoms with Crippen molar-refractivity contribution < 1.29 is 17.6 Å². The number of sulfonamides is 1. The van der Waals surface area contributed by atoms with Crippen LogP contribution in [0.15, 0.2) is 62.9 Å². The van der Waals surface area contributed by atoms with Crippen LogP contribution < -0.4 is 4.83 Å². The number of amides is 1. The molecule has 2 heterocycles. The summed E-state index contributed by atoms with van der Waals surface area (Å²) < 4.78 is 29.8. The molecule has 1 aromatic heterocycles. The molecule has 0 radical (unpaired) electrons. The lowest BCUT2D eigenvalue weighted by atomic mass is 10.4. The molecule has 0 unspecified atom stereocenters. The zero-order valence-corrected chi connectivity index (χ0v) is 14.0. The molecule has 0 atom stereocenters. The Bertz CT molecular complexity index is 874. The monoisotopic (exact) mass is 366 g/mol. The highest BCUT2D eigenvalue weighted by molar-refractivity contribution is 8.26. The smallest absolute Gasteiger partial charge is 0.281 e. The maximum Gasteiger partial charge on any atom is 0.281 e. The number of furan rings is 1. The van der Waals surface area contributed by atoms with Crippen molar-refractivity contribution in [2.45, 2.75) is 4.90 Å². The van der Waals surface area contributed by atoms with Crippen molar-refractivity contribution in [3.05, 3.63) is 59.4 Å². The summed E-state index contributed by atoms with van der Waals surface area (Å²) in [7, 11) is -3.89. The first-order chi connectivity index (χ1) is 11.0. The van der Waals surface area contributed by atoms with Gasteiger partial charge in [-0.05, 0) is 24.3 Å². The minimum absolute atomic E-state index is 0.0454. The third-order valence-electron chi connectivity index (χ3n) is 2.88. The Kier molecular flexibility index (Phi) is 4.35. The van der Waals surface area contributed by atoms with Crippen molar-refractivity contribution in [1.82, 2.24) is 9.84 Å². The molecule has 0 bridgehead atoms. The fraction of sp³-hybridized carbons (Fsp3) is 0. The SMILES string of the molecule is O=C1/C(=C/c2ccco2)SC(=S)N1NS(=O)(=O)c1ccccc1. The minimum atomic E-state index is -3.89. The number of nitrogens with zero attached hydrogens (tertiary/aromatic N) is 1. The van der Waals surface area contributed by atoms with Crippen molar-refractivity contribution in [2.75, 3.05) is 0 Å². The number of hydrogen-bond donors (Lipinski definition) is 1. The van der Waals surface area contributed by atoms with Gasteiger partial charge in [0, 0.05) is 6.08 Å². The number of rotatable bonds is 4. The van der Waals surface area contributed by atoms with E-state index in [4.69, 9.17) is 16.6 Å². The van der Waals surface area contributed by atoms with Crippen molar-refractivity contribution in [1.29, 1.82) is 0 Å². The van der Waals surface area contributed by atoms with Crippen LogP contribution in [0.3, 0.4) is 0 Å². The molecule has 1 saturated heterocycles. The number of carbonyl (C=O) groups excluding carboxylic acids is 1. The Morgan fingerprint density at radius 2 is 1.91 bits per heavy atom. The largest absolute Gasteiger partial charge is 0.465 e. The van der Waals surface area contributed by atoms with E-state index in [0.717, 1.165) is 16.8 Å². The molecule has 1 amide bonds. The summed E-state index contributed by atoms with van der Waals surface area (Å²) in [5.41, 5.74) is 0. The number of nitrogens with one attached hydrogen (secondary N) is 1. The summed E-state index contributed by atoms with van der Waals surface area (Å²) in [6, 6.07) is 11.1. The highest BCUT2D eigenvalue weighted by Gasteiger charge is 2.35. The Morgan fingerprint density at radius 3 is 2.57 bits per heavy atom. The molecule has 1 aromatic carbocycles. The number of hydrazine groups is 1. The summed E-state index contributed by atoms with van der Waals surface area (Å²) in [5, 5.41) is 0.844. The van der Waals surface area contributed by atoms with Gasteiger partial charge < -0.3 is 4.42 Å². The van der Waals surface area contributed by atoms with E-state index in [1.807, 2.05) is 0 Å². The predicted molar refractivity (Wildman–Crippen MR) is 90.5 cm³/mol. The number of thioether (sulfide) groups is 1. The molecule has 1 aliphatic rings. The van der Waals surface area contributed by atoms with Crippen molar-refractivity contribution in [3.63, 3.8) is 0 Å². The van der Waals surface area contributed by atoms with Gasteiger partial charge in [-0.25, -0.2) is 13.4 Å². The van der Waals surface area contributed by atoms with Gasteiger partial charge in [0.05, 0.1) is 16.1 Å². The van der Waals surface area contributed by atoms with Crippen LogP contribution in [-0.2, 0) is 14.8 Å². The molecule has 9 heteroatoms. The van der Waals surface area contributed by atoms with Gasteiger partial charge in [0.1, 0.15) is 5.76 Å². The quantitative estimate of drug-likeness (QED) is 0.661. The third-order valence-corrected chi connectivity index (χ3v) is 5.49. The summed E-state index contributed by atoms with van der Waals surface area (Å²) in [6.07, 6.45) is 2.99. The first kappa shape index (κ1) is 15.9. The Labute approximate surface area is 142 Å². The molecule has 2 aromatic rings. The topological polar surface area (TPSA) is 79.6 Å². The van der Waals surface area contributed by atoms with Crippen LogP contribution in [0.4, 0.5) is 0 Å². The van der Waals surface area contributed by atoms with Crippen LogP contribution in [0.25, 0.3) is 6.08 Å². The average Bonchev–Trinajstić information content (AvgIpc) is 3.13. The summed E-state index contributed by atoms with van der Waals surface area (Å²) >= 11 is 6.08. The molecule has 1 aliphatic heterocycles. The van der Waals surface area contributed by atoms with Gasteiger partial charge in [-0.1, -0.05) is 42.2 Å². The van der Waals surface area contributed by atoms with Crippen LogP contribution in [0.1, 0.15) is 5.76 Å².